The molecule has 0 aliphatic heterocycles. The van der Waals surface area contributed by atoms with Gasteiger partial charge in [0, 0.05) is 5.69 Å². The average molecular weight is 392 g/mol. The Labute approximate surface area is 172 Å². The van der Waals surface area contributed by atoms with Crippen molar-refractivity contribution >= 4 is 17.7 Å². The first-order valence-corrected chi connectivity index (χ1v) is 10.0. The van der Waals surface area contributed by atoms with Crippen LogP contribution in [0.5, 0.6) is 5.75 Å². The number of allylic oxidation sites excluding steroid dienone is 5. The maximum Gasteiger partial charge on any atom is 0.291 e. The maximum atomic E-state index is 12.3. The van der Waals surface area contributed by atoms with Gasteiger partial charge in [-0.1, -0.05) is 31.6 Å². The Bertz CT molecular complexity index is 972. The summed E-state index contributed by atoms with van der Waals surface area (Å²) in [5.41, 5.74) is 4.76. The number of hydrogen-bond acceptors (Lipinski definition) is 3. The van der Waals surface area contributed by atoms with Crippen LogP contribution in [0.15, 0.2) is 69.7 Å². The van der Waals surface area contributed by atoms with Gasteiger partial charge in [0.15, 0.2) is 5.76 Å². The van der Waals surface area contributed by atoms with Gasteiger partial charge in [-0.25, -0.2) is 0 Å². The largest absolute Gasteiger partial charge is 0.508 e. The van der Waals surface area contributed by atoms with Crippen molar-refractivity contribution in [2.45, 2.75) is 47.0 Å². The molecule has 1 aliphatic carbocycles. The van der Waals surface area contributed by atoms with Gasteiger partial charge in [-0.3, -0.25) is 4.79 Å². The zero-order chi connectivity index (χ0) is 21.0. The molecule has 0 atom stereocenters. The van der Waals surface area contributed by atoms with Crippen molar-refractivity contribution in [3.8, 4) is 5.75 Å². The Balaban J connectivity index is 1.69. The zero-order valence-electron chi connectivity index (χ0n) is 17.6. The van der Waals surface area contributed by atoms with E-state index in [1.54, 1.807) is 24.3 Å². The first-order chi connectivity index (χ1) is 13.7. The minimum atomic E-state index is -0.326. The predicted octanol–water partition coefficient (Wildman–Crippen LogP) is 6.72. The standard InChI is InChI=1S/C25H29NO3/c1-17(7-13-22-18(2)6-5-15-25(22,3)4)16-21-12-14-23(29-21)24(28)26-19-8-10-20(27)11-9-19/h7-14,16,27H,5-6,15H2,1-4H3,(H,26,28). The number of benzene rings is 1. The molecule has 0 spiro atoms. The van der Waals surface area contributed by atoms with Gasteiger partial charge in [0.1, 0.15) is 11.5 Å². The van der Waals surface area contributed by atoms with Gasteiger partial charge in [-0.15, -0.1) is 0 Å². The molecule has 0 saturated carbocycles. The Morgan fingerprint density at radius 2 is 1.90 bits per heavy atom. The van der Waals surface area contributed by atoms with E-state index in [0.29, 0.717) is 11.4 Å². The molecule has 4 nitrogen and oxygen atoms in total. The number of furan rings is 1. The van der Waals surface area contributed by atoms with Gasteiger partial charge in [-0.2, -0.15) is 0 Å². The van der Waals surface area contributed by atoms with Crippen molar-refractivity contribution in [2.75, 3.05) is 5.32 Å². The molecule has 1 aliphatic rings. The molecule has 0 unspecified atom stereocenters. The van der Waals surface area contributed by atoms with Crippen molar-refractivity contribution in [3.63, 3.8) is 0 Å². The second-order valence-electron chi connectivity index (χ2n) is 8.36. The van der Waals surface area contributed by atoms with E-state index in [1.807, 2.05) is 13.0 Å². The third-order valence-electron chi connectivity index (χ3n) is 5.40. The number of aromatic hydroxyl groups is 1. The summed E-state index contributed by atoms with van der Waals surface area (Å²) in [6.07, 6.45) is 9.91. The van der Waals surface area contributed by atoms with Crippen LogP contribution in [-0.4, -0.2) is 11.0 Å². The fourth-order valence-electron chi connectivity index (χ4n) is 3.79. The van der Waals surface area contributed by atoms with Crippen molar-refractivity contribution in [3.05, 3.63) is 76.8 Å². The number of rotatable bonds is 5. The summed E-state index contributed by atoms with van der Waals surface area (Å²) in [7, 11) is 0. The molecule has 1 amide bonds. The van der Waals surface area contributed by atoms with Crippen molar-refractivity contribution < 1.29 is 14.3 Å². The highest BCUT2D eigenvalue weighted by atomic mass is 16.3. The lowest BCUT2D eigenvalue weighted by Crippen LogP contribution is -2.19. The molecule has 0 bridgehead atoms. The number of amides is 1. The first kappa shape index (κ1) is 20.7. The van der Waals surface area contributed by atoms with Gasteiger partial charge in [0.25, 0.3) is 5.91 Å². The van der Waals surface area contributed by atoms with E-state index in [9.17, 15) is 9.90 Å². The SMILES string of the molecule is CC(C=CC1=C(C)CCCC1(C)C)=Cc1ccc(C(=O)Nc2ccc(O)cc2)o1. The summed E-state index contributed by atoms with van der Waals surface area (Å²) >= 11 is 0. The molecule has 4 heteroatoms. The van der Waals surface area contributed by atoms with E-state index >= 15 is 0 Å². The van der Waals surface area contributed by atoms with Crippen LogP contribution in [0.4, 0.5) is 5.69 Å². The number of phenolic OH excluding ortho intramolecular Hbond substituents is 1. The second kappa shape index (κ2) is 8.56. The number of phenols is 1. The Morgan fingerprint density at radius 1 is 1.17 bits per heavy atom. The van der Waals surface area contributed by atoms with Crippen LogP contribution in [0.1, 0.15) is 63.3 Å². The highest BCUT2D eigenvalue weighted by molar-refractivity contribution is 6.02. The van der Waals surface area contributed by atoms with Crippen LogP contribution in [0.2, 0.25) is 0 Å². The molecule has 0 radical (unpaired) electrons. The fourth-order valence-corrected chi connectivity index (χ4v) is 3.79. The number of carbonyl (C=O) groups is 1. The molecular formula is C25H29NO3. The summed E-state index contributed by atoms with van der Waals surface area (Å²) < 4.78 is 5.68. The summed E-state index contributed by atoms with van der Waals surface area (Å²) in [6, 6.07) is 9.76. The van der Waals surface area contributed by atoms with E-state index in [1.165, 1.54) is 42.5 Å². The lowest BCUT2D eigenvalue weighted by molar-refractivity contribution is 0.0996. The van der Waals surface area contributed by atoms with E-state index < -0.39 is 0 Å². The fraction of sp³-hybridized carbons (Fsp3) is 0.320. The molecule has 0 fully saturated rings. The molecule has 1 heterocycles. The Morgan fingerprint density at radius 3 is 2.59 bits per heavy atom. The van der Waals surface area contributed by atoms with Crippen molar-refractivity contribution in [2.24, 2.45) is 5.41 Å². The van der Waals surface area contributed by atoms with Crippen LogP contribution in [0.3, 0.4) is 0 Å². The topological polar surface area (TPSA) is 62.5 Å². The van der Waals surface area contributed by atoms with Gasteiger partial charge >= 0.3 is 0 Å². The van der Waals surface area contributed by atoms with E-state index in [-0.39, 0.29) is 22.8 Å². The average Bonchev–Trinajstić information content (AvgIpc) is 3.11. The van der Waals surface area contributed by atoms with Gasteiger partial charge < -0.3 is 14.8 Å². The quantitative estimate of drug-likeness (QED) is 0.439. The molecule has 2 N–H and O–H groups in total. The molecule has 152 valence electrons. The Kier molecular flexibility index (Phi) is 6.12. The lowest BCUT2D eigenvalue weighted by Gasteiger charge is -2.32. The molecule has 29 heavy (non-hydrogen) atoms. The number of nitrogens with one attached hydrogen (secondary N) is 1. The first-order valence-electron chi connectivity index (χ1n) is 10.0. The maximum absolute atomic E-state index is 12.3. The molecule has 2 aromatic rings. The molecule has 1 aromatic carbocycles. The van der Waals surface area contributed by atoms with Crippen LogP contribution >= 0.6 is 0 Å². The zero-order valence-corrected chi connectivity index (χ0v) is 17.6. The number of hydrogen-bond donors (Lipinski definition) is 2. The molecule has 3 rings (SSSR count). The highest BCUT2D eigenvalue weighted by Crippen LogP contribution is 2.40. The summed E-state index contributed by atoms with van der Waals surface area (Å²) in [6.45, 7) is 8.87. The minimum absolute atomic E-state index is 0.152. The van der Waals surface area contributed by atoms with E-state index in [2.05, 4.69) is 38.2 Å². The third-order valence-corrected chi connectivity index (χ3v) is 5.40. The molecule has 0 saturated heterocycles. The monoisotopic (exact) mass is 391 g/mol. The minimum Gasteiger partial charge on any atom is -0.508 e. The highest BCUT2D eigenvalue weighted by Gasteiger charge is 2.26. The number of carbonyl (C=O) groups excluding carboxylic acids is 1. The van der Waals surface area contributed by atoms with E-state index in [0.717, 1.165) is 5.57 Å². The van der Waals surface area contributed by atoms with E-state index in [4.69, 9.17) is 4.42 Å². The molecule has 1 aromatic heterocycles. The lowest BCUT2D eigenvalue weighted by atomic mass is 9.72. The van der Waals surface area contributed by atoms with Gasteiger partial charge in [-0.05, 0) is 92.1 Å². The van der Waals surface area contributed by atoms with Gasteiger partial charge in [0.05, 0.1) is 0 Å². The van der Waals surface area contributed by atoms with Crippen LogP contribution in [-0.2, 0) is 0 Å². The van der Waals surface area contributed by atoms with Crippen molar-refractivity contribution in [1.82, 2.24) is 0 Å². The second-order valence-corrected chi connectivity index (χ2v) is 8.36. The summed E-state index contributed by atoms with van der Waals surface area (Å²) in [5.74, 6) is 0.706. The third kappa shape index (κ3) is 5.29. The normalized spacial score (nSPS) is 17.0. The van der Waals surface area contributed by atoms with Crippen molar-refractivity contribution in [1.29, 1.82) is 0 Å². The smallest absolute Gasteiger partial charge is 0.291 e. The summed E-state index contributed by atoms with van der Waals surface area (Å²) in [4.78, 5) is 12.3. The van der Waals surface area contributed by atoms with Crippen LogP contribution < -0.4 is 5.32 Å². The summed E-state index contributed by atoms with van der Waals surface area (Å²) in [5, 5.41) is 12.1. The van der Waals surface area contributed by atoms with Gasteiger partial charge in [0.2, 0.25) is 0 Å². The Hall–Kier alpha value is -3.01. The number of anilines is 1. The molecular weight excluding hydrogens is 362 g/mol. The predicted molar refractivity (Wildman–Crippen MR) is 118 cm³/mol. The van der Waals surface area contributed by atoms with Crippen LogP contribution in [0.25, 0.3) is 6.08 Å². The van der Waals surface area contributed by atoms with Crippen LogP contribution in [0, 0.1) is 5.41 Å².